The van der Waals surface area contributed by atoms with Crippen molar-refractivity contribution in [2.45, 2.75) is 20.0 Å². The molecule has 0 aromatic heterocycles. The molecular formula is C17H16O4. The van der Waals surface area contributed by atoms with Gasteiger partial charge in [-0.1, -0.05) is 30.3 Å². The molecule has 0 fully saturated rings. The summed E-state index contributed by atoms with van der Waals surface area (Å²) >= 11 is 0. The molecule has 4 nitrogen and oxygen atoms in total. The van der Waals surface area contributed by atoms with Gasteiger partial charge in [0.2, 0.25) is 0 Å². The van der Waals surface area contributed by atoms with Crippen molar-refractivity contribution in [2.24, 2.45) is 0 Å². The van der Waals surface area contributed by atoms with Gasteiger partial charge in [0, 0.05) is 6.08 Å². The van der Waals surface area contributed by atoms with Crippen molar-refractivity contribution in [1.29, 1.82) is 0 Å². The van der Waals surface area contributed by atoms with Crippen LogP contribution in [0.15, 0.2) is 48.6 Å². The third kappa shape index (κ3) is 3.48. The summed E-state index contributed by atoms with van der Waals surface area (Å²) < 4.78 is 5.68. The number of carboxylic acid groups (broad SMARTS) is 1. The third-order valence-electron chi connectivity index (χ3n) is 2.88. The van der Waals surface area contributed by atoms with E-state index in [-0.39, 0.29) is 11.9 Å². The molecule has 4 heteroatoms. The molecule has 0 aliphatic carbocycles. The van der Waals surface area contributed by atoms with Crippen LogP contribution in [-0.2, 0) is 4.79 Å². The van der Waals surface area contributed by atoms with Crippen LogP contribution in [0.4, 0.5) is 0 Å². The number of carbonyl (C=O) groups excluding carboxylic acids is 1. The van der Waals surface area contributed by atoms with E-state index < -0.39 is 5.97 Å². The summed E-state index contributed by atoms with van der Waals surface area (Å²) in [6.45, 7) is 3.74. The fourth-order valence-electron chi connectivity index (χ4n) is 2.09. The fraction of sp³-hybridized carbons (Fsp3) is 0.176. The number of fused-ring (bicyclic) bond motifs is 1. The molecule has 21 heavy (non-hydrogen) atoms. The average Bonchev–Trinajstić information content (AvgIpc) is 2.44. The van der Waals surface area contributed by atoms with Crippen LogP contribution in [-0.4, -0.2) is 23.0 Å². The van der Waals surface area contributed by atoms with Gasteiger partial charge in [-0.05, 0) is 36.8 Å². The van der Waals surface area contributed by atoms with Crippen molar-refractivity contribution < 1.29 is 19.4 Å². The van der Waals surface area contributed by atoms with E-state index in [1.165, 1.54) is 0 Å². The quantitative estimate of drug-likeness (QED) is 0.674. The van der Waals surface area contributed by atoms with Crippen molar-refractivity contribution in [3.63, 3.8) is 0 Å². The number of hydrogen-bond donors (Lipinski definition) is 1. The smallest absolute Gasteiger partial charge is 0.328 e. The summed E-state index contributed by atoms with van der Waals surface area (Å²) in [6.07, 6.45) is 1.81. The summed E-state index contributed by atoms with van der Waals surface area (Å²) in [5, 5.41) is 10.3. The molecule has 0 unspecified atom stereocenters. The molecule has 0 aliphatic heterocycles. The third-order valence-corrected chi connectivity index (χ3v) is 2.88. The molecule has 0 saturated heterocycles. The van der Waals surface area contributed by atoms with Crippen molar-refractivity contribution in [1.82, 2.24) is 0 Å². The predicted molar refractivity (Wildman–Crippen MR) is 80.8 cm³/mol. The van der Waals surface area contributed by atoms with Crippen LogP contribution in [0.1, 0.15) is 24.2 Å². The van der Waals surface area contributed by atoms with Crippen LogP contribution in [0.2, 0.25) is 0 Å². The topological polar surface area (TPSA) is 63.6 Å². The highest BCUT2D eigenvalue weighted by Crippen LogP contribution is 2.29. The Balaban J connectivity index is 2.60. The summed E-state index contributed by atoms with van der Waals surface area (Å²) in [5.41, 5.74) is 0.388. The first kappa shape index (κ1) is 14.8. The first-order valence-corrected chi connectivity index (χ1v) is 6.63. The highest BCUT2D eigenvalue weighted by Gasteiger charge is 2.15. The van der Waals surface area contributed by atoms with E-state index in [4.69, 9.17) is 9.84 Å². The van der Waals surface area contributed by atoms with E-state index in [0.717, 1.165) is 22.9 Å². The Bertz CT molecular complexity index is 714. The summed E-state index contributed by atoms with van der Waals surface area (Å²) in [5.74, 6) is -1.08. The van der Waals surface area contributed by atoms with Gasteiger partial charge in [0.05, 0.1) is 11.7 Å². The van der Waals surface area contributed by atoms with E-state index in [2.05, 4.69) is 0 Å². The van der Waals surface area contributed by atoms with E-state index in [1.807, 2.05) is 44.2 Å². The van der Waals surface area contributed by atoms with Gasteiger partial charge in [-0.15, -0.1) is 0 Å². The second kappa shape index (κ2) is 6.22. The number of hydrogen-bond acceptors (Lipinski definition) is 3. The molecule has 0 heterocycles. The molecule has 0 spiro atoms. The number of aliphatic carboxylic acids is 1. The zero-order valence-corrected chi connectivity index (χ0v) is 11.9. The highest BCUT2D eigenvalue weighted by atomic mass is 16.5. The number of ketones is 1. The summed E-state index contributed by atoms with van der Waals surface area (Å²) in [4.78, 5) is 22.9. The molecule has 1 N–H and O–H groups in total. The van der Waals surface area contributed by atoms with E-state index in [0.29, 0.717) is 11.3 Å². The molecule has 2 aromatic carbocycles. The molecule has 0 aliphatic rings. The number of carbonyl (C=O) groups is 2. The van der Waals surface area contributed by atoms with Crippen molar-refractivity contribution in [3.05, 3.63) is 54.1 Å². The van der Waals surface area contributed by atoms with Gasteiger partial charge >= 0.3 is 5.97 Å². The number of benzene rings is 2. The number of carboxylic acids is 1. The van der Waals surface area contributed by atoms with Crippen LogP contribution < -0.4 is 4.74 Å². The second-order valence-electron chi connectivity index (χ2n) is 4.86. The maximum atomic E-state index is 12.3. The van der Waals surface area contributed by atoms with Crippen LogP contribution in [0.3, 0.4) is 0 Å². The number of allylic oxidation sites excluding steroid dienone is 1. The van der Waals surface area contributed by atoms with Crippen LogP contribution in [0.5, 0.6) is 5.75 Å². The Kier molecular flexibility index (Phi) is 4.38. The van der Waals surface area contributed by atoms with E-state index in [9.17, 15) is 9.59 Å². The Hall–Kier alpha value is -2.62. The van der Waals surface area contributed by atoms with Crippen LogP contribution in [0.25, 0.3) is 10.8 Å². The zero-order valence-electron chi connectivity index (χ0n) is 11.9. The molecule has 2 rings (SSSR count). The molecular weight excluding hydrogens is 268 g/mol. The molecule has 0 atom stereocenters. The second-order valence-corrected chi connectivity index (χ2v) is 4.86. The van der Waals surface area contributed by atoms with Gasteiger partial charge in [-0.25, -0.2) is 4.79 Å². The number of rotatable bonds is 5. The molecule has 2 aromatic rings. The largest absolute Gasteiger partial charge is 0.490 e. The first-order valence-electron chi connectivity index (χ1n) is 6.63. The van der Waals surface area contributed by atoms with Gasteiger partial charge in [0.1, 0.15) is 5.75 Å². The van der Waals surface area contributed by atoms with E-state index >= 15 is 0 Å². The predicted octanol–water partition coefficient (Wildman–Crippen LogP) is 3.45. The van der Waals surface area contributed by atoms with Crippen LogP contribution >= 0.6 is 0 Å². The van der Waals surface area contributed by atoms with Gasteiger partial charge in [-0.2, -0.15) is 0 Å². The van der Waals surface area contributed by atoms with Crippen LogP contribution in [0, 0.1) is 0 Å². The monoisotopic (exact) mass is 284 g/mol. The lowest BCUT2D eigenvalue weighted by Crippen LogP contribution is -2.10. The molecule has 0 radical (unpaired) electrons. The van der Waals surface area contributed by atoms with Gasteiger partial charge in [0.25, 0.3) is 0 Å². The van der Waals surface area contributed by atoms with Crippen molar-refractivity contribution in [3.8, 4) is 5.75 Å². The van der Waals surface area contributed by atoms with E-state index in [1.54, 1.807) is 6.07 Å². The maximum absolute atomic E-state index is 12.3. The minimum absolute atomic E-state index is 0.0823. The standard InChI is InChI=1S/C17H16O4/c1-11(2)21-15-9-7-12-5-3-4-6-13(12)17(15)14(18)8-10-16(19)20/h3-11H,1-2H3,(H,19,20)/b10-8+. The molecule has 108 valence electrons. The molecule has 0 amide bonds. The van der Waals surface area contributed by atoms with Gasteiger partial charge < -0.3 is 9.84 Å². The lowest BCUT2D eigenvalue weighted by molar-refractivity contribution is -0.131. The van der Waals surface area contributed by atoms with Crippen molar-refractivity contribution >= 4 is 22.5 Å². The molecule has 0 saturated carbocycles. The van der Waals surface area contributed by atoms with Gasteiger partial charge in [-0.3, -0.25) is 4.79 Å². The Labute approximate surface area is 122 Å². The summed E-state index contributed by atoms with van der Waals surface area (Å²) in [6, 6.07) is 11.1. The average molecular weight is 284 g/mol. The fourth-order valence-corrected chi connectivity index (χ4v) is 2.09. The SMILES string of the molecule is CC(C)Oc1ccc2ccccc2c1C(=O)/C=C/C(=O)O. The number of ether oxygens (including phenoxy) is 1. The normalized spacial score (nSPS) is 11.2. The minimum atomic E-state index is -1.16. The summed E-state index contributed by atoms with van der Waals surface area (Å²) in [7, 11) is 0. The van der Waals surface area contributed by atoms with Crippen molar-refractivity contribution in [2.75, 3.05) is 0 Å². The lowest BCUT2D eigenvalue weighted by atomic mass is 10.00. The zero-order chi connectivity index (χ0) is 15.4. The Morgan fingerprint density at radius 1 is 1.10 bits per heavy atom. The maximum Gasteiger partial charge on any atom is 0.328 e. The lowest BCUT2D eigenvalue weighted by Gasteiger charge is -2.15. The first-order chi connectivity index (χ1) is 9.99. The molecule has 0 bridgehead atoms. The minimum Gasteiger partial charge on any atom is -0.490 e. The Morgan fingerprint density at radius 2 is 1.81 bits per heavy atom. The van der Waals surface area contributed by atoms with Gasteiger partial charge in [0.15, 0.2) is 5.78 Å². The highest BCUT2D eigenvalue weighted by molar-refractivity contribution is 6.16. The Morgan fingerprint density at radius 3 is 2.48 bits per heavy atom.